The van der Waals surface area contributed by atoms with E-state index in [-0.39, 0.29) is 0 Å². The summed E-state index contributed by atoms with van der Waals surface area (Å²) in [7, 11) is 0. The monoisotopic (exact) mass is 434 g/mol. The van der Waals surface area contributed by atoms with Crippen LogP contribution in [0.5, 0.6) is 0 Å². The highest BCUT2D eigenvalue weighted by atomic mass is 32.3. The highest BCUT2D eigenvalue weighted by Gasteiger charge is 2.36. The quantitative estimate of drug-likeness (QED) is 0.443. The minimum Gasteiger partial charge on any atom is -0.480 e. The van der Waals surface area contributed by atoms with Crippen molar-refractivity contribution in [3.8, 4) is 0 Å². The molecule has 0 fully saturated rings. The maximum Gasteiger partial charge on any atom is 0.208 e. The molecule has 0 bridgehead atoms. The second kappa shape index (κ2) is 8.13. The first-order chi connectivity index (χ1) is 11.8. The molecule has 130 valence electrons. The van der Waals surface area contributed by atoms with E-state index in [0.717, 1.165) is 10.2 Å². The molecule has 0 aromatic carbocycles. The van der Waals surface area contributed by atoms with Crippen molar-refractivity contribution in [1.82, 2.24) is 0 Å². The molecule has 0 aromatic rings. The maximum absolute atomic E-state index is 5.70. The molecule has 4 heterocycles. The van der Waals surface area contributed by atoms with Crippen LogP contribution in [0.2, 0.25) is 0 Å². The van der Waals surface area contributed by atoms with Crippen LogP contribution in [0.15, 0.2) is 36.9 Å². The fraction of sp³-hybridized carbons (Fsp3) is 0.500. The van der Waals surface area contributed by atoms with E-state index in [0.29, 0.717) is 13.2 Å². The van der Waals surface area contributed by atoms with Gasteiger partial charge in [-0.2, -0.15) is 0 Å². The molecule has 0 saturated carbocycles. The van der Waals surface area contributed by atoms with Crippen molar-refractivity contribution in [3.05, 3.63) is 36.9 Å². The van der Waals surface area contributed by atoms with Gasteiger partial charge in [0, 0.05) is 0 Å². The van der Waals surface area contributed by atoms with E-state index < -0.39 is 0 Å². The molecule has 4 aliphatic heterocycles. The lowest BCUT2D eigenvalue weighted by atomic mass is 10.1. The van der Waals surface area contributed by atoms with Crippen LogP contribution in [-0.4, -0.2) is 13.2 Å². The molecule has 0 radical (unpaired) electrons. The van der Waals surface area contributed by atoms with Crippen molar-refractivity contribution in [2.45, 2.75) is 39.5 Å². The van der Waals surface area contributed by atoms with Crippen LogP contribution in [-0.2, 0) is 9.47 Å². The van der Waals surface area contributed by atoms with E-state index in [1.807, 2.05) is 47.0 Å². The zero-order chi connectivity index (χ0) is 16.5. The molecular weight excluding hydrogens is 417 g/mol. The van der Waals surface area contributed by atoms with Gasteiger partial charge in [-0.3, -0.25) is 0 Å². The van der Waals surface area contributed by atoms with Crippen molar-refractivity contribution in [3.63, 3.8) is 0 Å². The Morgan fingerprint density at radius 3 is 1.67 bits per heavy atom. The predicted octanol–water partition coefficient (Wildman–Crippen LogP) is 7.66. The van der Waals surface area contributed by atoms with Gasteiger partial charge in [0.25, 0.3) is 0 Å². The van der Waals surface area contributed by atoms with Gasteiger partial charge in [-0.25, -0.2) is 0 Å². The summed E-state index contributed by atoms with van der Waals surface area (Å²) in [5.74, 6) is 0. The van der Waals surface area contributed by atoms with Gasteiger partial charge in [0.05, 0.1) is 21.2 Å². The summed E-state index contributed by atoms with van der Waals surface area (Å²) in [5.41, 5.74) is 1.66. The zero-order valence-electron chi connectivity index (χ0n) is 13.5. The van der Waals surface area contributed by atoms with Crippen molar-refractivity contribution >= 4 is 70.6 Å². The number of hydrogen-bond donors (Lipinski definition) is 0. The van der Waals surface area contributed by atoms with E-state index in [1.54, 1.807) is 33.3 Å². The summed E-state index contributed by atoms with van der Waals surface area (Å²) in [6.45, 7) is 5.89. The summed E-state index contributed by atoms with van der Waals surface area (Å²) in [5, 5.41) is 1.91. The molecule has 4 aliphatic rings. The predicted molar refractivity (Wildman–Crippen MR) is 115 cm³/mol. The number of allylic oxidation sites excluding steroid dienone is 1. The van der Waals surface area contributed by atoms with Crippen LogP contribution >= 0.6 is 70.6 Å². The number of rotatable bonds is 4. The van der Waals surface area contributed by atoms with E-state index in [9.17, 15) is 0 Å². The average Bonchev–Trinajstić information content (AvgIpc) is 3.26. The first-order valence-electron chi connectivity index (χ1n) is 8.06. The van der Waals surface area contributed by atoms with Crippen LogP contribution in [0, 0.1) is 0 Å². The van der Waals surface area contributed by atoms with E-state index >= 15 is 0 Å². The second-order valence-corrected chi connectivity index (χ2v) is 12.8. The van der Waals surface area contributed by atoms with Crippen LogP contribution < -0.4 is 0 Å². The lowest BCUT2D eigenvalue weighted by molar-refractivity contribution is 0.0949. The molecule has 2 nitrogen and oxygen atoms in total. The third kappa shape index (κ3) is 3.69. The van der Waals surface area contributed by atoms with Gasteiger partial charge in [0.15, 0.2) is 0 Å². The highest BCUT2D eigenvalue weighted by Crippen LogP contribution is 2.70. The van der Waals surface area contributed by atoms with E-state index in [4.69, 9.17) is 9.47 Å². The van der Waals surface area contributed by atoms with Gasteiger partial charge in [0.2, 0.25) is 10.2 Å². The molecule has 0 aromatic heterocycles. The molecule has 0 amide bonds. The fourth-order valence-electron chi connectivity index (χ4n) is 2.55. The summed E-state index contributed by atoms with van der Waals surface area (Å²) < 4.78 is 18.6. The molecule has 4 rings (SSSR count). The third-order valence-corrected chi connectivity index (χ3v) is 12.3. The van der Waals surface area contributed by atoms with Gasteiger partial charge >= 0.3 is 0 Å². The Hall–Kier alpha value is 0.660. The van der Waals surface area contributed by atoms with Crippen LogP contribution in [0.1, 0.15) is 39.5 Å². The molecule has 0 atom stereocenters. The molecular formula is C16H18O2S6. The SMILES string of the molecule is CCCC(CCC)=C1SC2=C(S1)SC(=C1SC3=C(OCCO3)S1)S2. The first kappa shape index (κ1) is 18.0. The van der Waals surface area contributed by atoms with Crippen LogP contribution in [0.25, 0.3) is 0 Å². The largest absolute Gasteiger partial charge is 0.480 e. The standard InChI is InChI=1S/C16H18O2S6/c1-3-5-9(6-4-2)12-21-15-16(22-12)24-14(23-15)13-19-10-11(20-13)18-8-7-17-10/h3-8H2,1-2H3. The Bertz CT molecular complexity index is 626. The molecule has 0 aliphatic carbocycles. The Balaban J connectivity index is 1.44. The second-order valence-electron chi connectivity index (χ2n) is 5.43. The van der Waals surface area contributed by atoms with Crippen molar-refractivity contribution < 1.29 is 9.47 Å². The lowest BCUT2D eigenvalue weighted by Gasteiger charge is -2.13. The van der Waals surface area contributed by atoms with Crippen molar-refractivity contribution in [2.75, 3.05) is 13.2 Å². The van der Waals surface area contributed by atoms with Gasteiger partial charge in [0.1, 0.15) is 13.2 Å². The van der Waals surface area contributed by atoms with Crippen LogP contribution in [0.4, 0.5) is 0 Å². The molecule has 0 N–H and O–H groups in total. The Morgan fingerprint density at radius 2 is 1.17 bits per heavy atom. The summed E-state index contributed by atoms with van der Waals surface area (Å²) in [4.78, 5) is 0. The Morgan fingerprint density at radius 1 is 0.708 bits per heavy atom. The minimum absolute atomic E-state index is 0.668. The van der Waals surface area contributed by atoms with E-state index in [1.165, 1.54) is 42.6 Å². The number of hydrogen-bond acceptors (Lipinski definition) is 8. The lowest BCUT2D eigenvalue weighted by Crippen LogP contribution is -2.08. The molecule has 24 heavy (non-hydrogen) atoms. The van der Waals surface area contributed by atoms with Crippen molar-refractivity contribution in [2.24, 2.45) is 0 Å². The van der Waals surface area contributed by atoms with E-state index in [2.05, 4.69) is 13.8 Å². The smallest absolute Gasteiger partial charge is 0.208 e. The Kier molecular flexibility index (Phi) is 6.11. The zero-order valence-corrected chi connectivity index (χ0v) is 18.4. The molecule has 0 saturated heterocycles. The maximum atomic E-state index is 5.70. The fourth-order valence-corrected chi connectivity index (χ4v) is 11.7. The van der Waals surface area contributed by atoms with Gasteiger partial charge in [-0.05, 0) is 41.9 Å². The minimum atomic E-state index is 0.668. The topological polar surface area (TPSA) is 18.5 Å². The first-order valence-corrected chi connectivity index (χ1v) is 13.0. The summed E-state index contributed by atoms with van der Waals surface area (Å²) in [6.07, 6.45) is 4.96. The number of thioether (sulfide) groups is 6. The molecule has 0 unspecified atom stereocenters. The molecule has 8 heteroatoms. The average molecular weight is 435 g/mol. The summed E-state index contributed by atoms with van der Waals surface area (Å²) >= 11 is 11.3. The third-order valence-electron chi connectivity index (χ3n) is 3.55. The highest BCUT2D eigenvalue weighted by molar-refractivity contribution is 8.49. The van der Waals surface area contributed by atoms with Crippen molar-refractivity contribution in [1.29, 1.82) is 0 Å². The number of ether oxygens (including phenoxy) is 2. The summed E-state index contributed by atoms with van der Waals surface area (Å²) in [6, 6.07) is 0. The van der Waals surface area contributed by atoms with Gasteiger partial charge in [-0.1, -0.05) is 73.7 Å². The normalized spacial score (nSPS) is 22.8. The van der Waals surface area contributed by atoms with Crippen LogP contribution in [0.3, 0.4) is 0 Å². The van der Waals surface area contributed by atoms with Gasteiger partial charge < -0.3 is 9.47 Å². The molecule has 0 spiro atoms. The Labute approximate surface area is 168 Å². The van der Waals surface area contributed by atoms with Gasteiger partial charge in [-0.15, -0.1) is 0 Å².